The maximum absolute atomic E-state index is 6.34. The third-order valence-corrected chi connectivity index (χ3v) is 6.17. The lowest BCUT2D eigenvalue weighted by molar-refractivity contribution is 0.578. The Kier molecular flexibility index (Phi) is 6.62. The number of nitrogens with zero attached hydrogens (tertiary/aromatic N) is 3. The molecule has 0 saturated heterocycles. The first-order chi connectivity index (χ1) is 14.8. The van der Waals surface area contributed by atoms with Gasteiger partial charge in [0, 0.05) is 5.75 Å². The Morgan fingerprint density at radius 3 is 2.27 bits per heavy atom. The van der Waals surface area contributed by atoms with Crippen molar-refractivity contribution in [2.24, 2.45) is 5.73 Å². The highest BCUT2D eigenvalue weighted by atomic mass is 32.2. The molecule has 0 amide bonds. The predicted molar refractivity (Wildman–Crippen MR) is 124 cm³/mol. The summed E-state index contributed by atoms with van der Waals surface area (Å²) in [5.74, 6) is 1.67. The molecule has 0 spiro atoms. The molecule has 2 N–H and O–H groups in total. The molecule has 0 saturated carbocycles. The Bertz CT molecular complexity index is 1080. The topological polar surface area (TPSA) is 56.7 Å². The fraction of sp³-hybridized carbons (Fsp3) is 0.200. The number of benzene rings is 3. The fourth-order valence-corrected chi connectivity index (χ4v) is 4.41. The van der Waals surface area contributed by atoms with Crippen molar-refractivity contribution in [3.8, 4) is 11.1 Å². The van der Waals surface area contributed by atoms with Crippen molar-refractivity contribution < 1.29 is 0 Å². The van der Waals surface area contributed by atoms with Gasteiger partial charge >= 0.3 is 0 Å². The summed E-state index contributed by atoms with van der Waals surface area (Å²) in [6.07, 6.45) is 0.828. The van der Waals surface area contributed by atoms with Gasteiger partial charge in [-0.15, -0.1) is 10.2 Å². The molecule has 1 unspecified atom stereocenters. The van der Waals surface area contributed by atoms with E-state index in [-0.39, 0.29) is 6.04 Å². The van der Waals surface area contributed by atoms with Crippen LogP contribution in [-0.2, 0) is 12.3 Å². The first kappa shape index (κ1) is 20.4. The quantitative estimate of drug-likeness (QED) is 0.376. The highest BCUT2D eigenvalue weighted by Crippen LogP contribution is 2.30. The summed E-state index contributed by atoms with van der Waals surface area (Å²) >= 11 is 1.71. The lowest BCUT2D eigenvalue weighted by atomic mass is 10.0. The van der Waals surface area contributed by atoms with Crippen LogP contribution in [0.4, 0.5) is 0 Å². The summed E-state index contributed by atoms with van der Waals surface area (Å²) in [4.78, 5) is 0. The van der Waals surface area contributed by atoms with Gasteiger partial charge in [-0.2, -0.15) is 0 Å². The van der Waals surface area contributed by atoms with Crippen LogP contribution in [0, 0.1) is 0 Å². The van der Waals surface area contributed by atoms with E-state index in [1.807, 2.05) is 12.1 Å². The summed E-state index contributed by atoms with van der Waals surface area (Å²) in [6, 6.07) is 29.3. The van der Waals surface area contributed by atoms with Crippen LogP contribution in [0.1, 0.15) is 36.3 Å². The van der Waals surface area contributed by atoms with Gasteiger partial charge in [0.15, 0.2) is 11.0 Å². The third-order valence-electron chi connectivity index (χ3n) is 5.16. The largest absolute Gasteiger partial charge is 0.321 e. The van der Waals surface area contributed by atoms with Crippen molar-refractivity contribution in [2.45, 2.75) is 36.8 Å². The molecule has 0 fully saturated rings. The molecule has 30 heavy (non-hydrogen) atoms. The third kappa shape index (κ3) is 4.64. The number of thioether (sulfide) groups is 1. The molecule has 0 aliphatic heterocycles. The molecule has 4 rings (SSSR count). The smallest absolute Gasteiger partial charge is 0.191 e. The number of nitrogens with two attached hydrogens (primary N) is 1. The number of hydrogen-bond acceptors (Lipinski definition) is 4. The lowest BCUT2D eigenvalue weighted by Crippen LogP contribution is -2.17. The number of hydrogen-bond donors (Lipinski definition) is 1. The van der Waals surface area contributed by atoms with E-state index in [1.165, 1.54) is 22.3 Å². The van der Waals surface area contributed by atoms with Crippen LogP contribution in [0.5, 0.6) is 0 Å². The highest BCUT2D eigenvalue weighted by Gasteiger charge is 2.18. The summed E-state index contributed by atoms with van der Waals surface area (Å²) in [6.45, 7) is 2.80. The van der Waals surface area contributed by atoms with Crippen LogP contribution >= 0.6 is 11.8 Å². The predicted octanol–water partition coefficient (Wildman–Crippen LogP) is 5.70. The molecule has 0 aliphatic rings. The zero-order chi connectivity index (χ0) is 20.8. The van der Waals surface area contributed by atoms with Gasteiger partial charge in [-0.3, -0.25) is 0 Å². The monoisotopic (exact) mass is 414 g/mol. The molecule has 5 heteroatoms. The average molecular weight is 415 g/mol. The zero-order valence-electron chi connectivity index (χ0n) is 17.1. The van der Waals surface area contributed by atoms with E-state index in [1.54, 1.807) is 11.8 Å². The van der Waals surface area contributed by atoms with E-state index in [4.69, 9.17) is 5.73 Å². The minimum Gasteiger partial charge on any atom is -0.321 e. The Labute approximate surface area is 182 Å². The molecule has 1 aromatic heterocycles. The van der Waals surface area contributed by atoms with Gasteiger partial charge in [-0.1, -0.05) is 104 Å². The average Bonchev–Trinajstić information content (AvgIpc) is 3.21. The second-order valence-electron chi connectivity index (χ2n) is 7.24. The van der Waals surface area contributed by atoms with Gasteiger partial charge < -0.3 is 10.3 Å². The summed E-state index contributed by atoms with van der Waals surface area (Å²) in [5, 5.41) is 9.84. The first-order valence-electron chi connectivity index (χ1n) is 10.2. The molecule has 0 aliphatic carbocycles. The SMILES string of the molecule is CCC(N)c1nnc(SCc2ccccc2-c2ccccc2)n1Cc1ccccc1. The summed E-state index contributed by atoms with van der Waals surface area (Å²) in [7, 11) is 0. The van der Waals surface area contributed by atoms with Crippen molar-refractivity contribution >= 4 is 11.8 Å². The van der Waals surface area contributed by atoms with Crippen molar-refractivity contribution in [1.29, 1.82) is 0 Å². The molecule has 0 radical (unpaired) electrons. The Balaban J connectivity index is 1.61. The lowest BCUT2D eigenvalue weighted by Gasteiger charge is -2.14. The second kappa shape index (κ2) is 9.74. The molecular formula is C25H26N4S. The van der Waals surface area contributed by atoms with Gasteiger partial charge in [-0.25, -0.2) is 0 Å². The highest BCUT2D eigenvalue weighted by molar-refractivity contribution is 7.98. The van der Waals surface area contributed by atoms with E-state index in [2.05, 4.69) is 94.5 Å². The fourth-order valence-electron chi connectivity index (χ4n) is 3.47. The molecule has 4 aromatic rings. The standard InChI is InChI=1S/C25H26N4S/c1-2-23(26)24-27-28-25(29(24)17-19-11-5-3-6-12-19)30-18-21-15-9-10-16-22(21)20-13-7-4-8-14-20/h3-16,23H,2,17-18,26H2,1H3. The van der Waals surface area contributed by atoms with Crippen molar-refractivity contribution in [2.75, 3.05) is 0 Å². The number of aromatic nitrogens is 3. The Hall–Kier alpha value is -2.89. The normalized spacial score (nSPS) is 12.1. The van der Waals surface area contributed by atoms with Crippen LogP contribution < -0.4 is 5.73 Å². The minimum atomic E-state index is -0.118. The van der Waals surface area contributed by atoms with Crippen molar-refractivity contribution in [3.63, 3.8) is 0 Å². The van der Waals surface area contributed by atoms with E-state index >= 15 is 0 Å². The minimum absolute atomic E-state index is 0.118. The summed E-state index contributed by atoms with van der Waals surface area (Å²) < 4.78 is 2.17. The molecule has 4 nitrogen and oxygen atoms in total. The van der Waals surface area contributed by atoms with Gasteiger partial charge in [-0.05, 0) is 28.7 Å². The molecule has 152 valence electrons. The van der Waals surface area contributed by atoms with Crippen molar-refractivity contribution in [1.82, 2.24) is 14.8 Å². The molecule has 1 atom stereocenters. The van der Waals surface area contributed by atoms with Crippen LogP contribution in [0.15, 0.2) is 90.1 Å². The molecule has 0 bridgehead atoms. The molecule has 1 heterocycles. The van der Waals surface area contributed by atoms with Crippen molar-refractivity contribution in [3.05, 3.63) is 102 Å². The van der Waals surface area contributed by atoms with E-state index in [0.29, 0.717) is 0 Å². The molecular weight excluding hydrogens is 388 g/mol. The van der Waals surface area contributed by atoms with E-state index in [9.17, 15) is 0 Å². The van der Waals surface area contributed by atoms with Gasteiger partial charge in [0.1, 0.15) is 0 Å². The Morgan fingerprint density at radius 1 is 0.867 bits per heavy atom. The Morgan fingerprint density at radius 2 is 1.53 bits per heavy atom. The van der Waals surface area contributed by atoms with Crippen LogP contribution in [-0.4, -0.2) is 14.8 Å². The maximum atomic E-state index is 6.34. The van der Waals surface area contributed by atoms with E-state index in [0.717, 1.165) is 29.7 Å². The van der Waals surface area contributed by atoms with Gasteiger partial charge in [0.2, 0.25) is 0 Å². The number of rotatable bonds is 8. The summed E-state index contributed by atoms with van der Waals surface area (Å²) in [5.41, 5.74) is 11.3. The van der Waals surface area contributed by atoms with Crippen LogP contribution in [0.25, 0.3) is 11.1 Å². The van der Waals surface area contributed by atoms with Gasteiger partial charge in [0.25, 0.3) is 0 Å². The van der Waals surface area contributed by atoms with Gasteiger partial charge in [0.05, 0.1) is 12.6 Å². The first-order valence-corrected chi connectivity index (χ1v) is 11.2. The maximum Gasteiger partial charge on any atom is 0.191 e. The van der Waals surface area contributed by atoms with Crippen LogP contribution in [0.3, 0.4) is 0 Å². The van der Waals surface area contributed by atoms with E-state index < -0.39 is 0 Å². The molecule has 3 aromatic carbocycles. The van der Waals surface area contributed by atoms with Crippen LogP contribution in [0.2, 0.25) is 0 Å². The second-order valence-corrected chi connectivity index (χ2v) is 8.18. The zero-order valence-corrected chi connectivity index (χ0v) is 17.9.